The summed E-state index contributed by atoms with van der Waals surface area (Å²) >= 11 is 0. The Kier molecular flexibility index (Phi) is 3.28. The van der Waals surface area contributed by atoms with Gasteiger partial charge < -0.3 is 10.2 Å². The number of nitrogens with one attached hydrogen (secondary N) is 2. The lowest BCUT2D eigenvalue weighted by molar-refractivity contribution is 0.724. The second kappa shape index (κ2) is 5.23. The minimum atomic E-state index is 1.03. The number of rotatable bonds is 2. The highest BCUT2D eigenvalue weighted by molar-refractivity contribution is 5.63. The van der Waals surface area contributed by atoms with E-state index in [4.69, 9.17) is 0 Å². The zero-order valence-corrected chi connectivity index (χ0v) is 10.4. The first-order chi connectivity index (χ1) is 8.93. The van der Waals surface area contributed by atoms with E-state index in [1.165, 1.54) is 12.0 Å². The number of nitrogens with zero attached hydrogens (tertiary/aromatic N) is 2. The van der Waals surface area contributed by atoms with Gasteiger partial charge in [-0.2, -0.15) is 5.10 Å². The summed E-state index contributed by atoms with van der Waals surface area (Å²) in [5.74, 6) is 1.05. The van der Waals surface area contributed by atoms with Crippen LogP contribution in [0.4, 0.5) is 5.82 Å². The van der Waals surface area contributed by atoms with Crippen LogP contribution in [0.1, 0.15) is 6.42 Å². The Morgan fingerprint density at radius 1 is 1.06 bits per heavy atom. The lowest BCUT2D eigenvalue weighted by atomic mass is 10.1. The van der Waals surface area contributed by atoms with Crippen LogP contribution in [0.25, 0.3) is 11.3 Å². The van der Waals surface area contributed by atoms with Gasteiger partial charge in [-0.1, -0.05) is 30.3 Å². The van der Waals surface area contributed by atoms with E-state index in [0.717, 1.165) is 37.7 Å². The molecule has 1 aliphatic heterocycles. The summed E-state index contributed by atoms with van der Waals surface area (Å²) in [6.07, 6.45) is 1.17. The monoisotopic (exact) mass is 242 g/mol. The number of H-pyrrole nitrogens is 1. The van der Waals surface area contributed by atoms with E-state index in [1.807, 2.05) is 18.2 Å². The average molecular weight is 242 g/mol. The van der Waals surface area contributed by atoms with E-state index in [1.54, 1.807) is 0 Å². The van der Waals surface area contributed by atoms with Crippen LogP contribution in [0, 0.1) is 0 Å². The molecule has 94 valence electrons. The highest BCUT2D eigenvalue weighted by Crippen LogP contribution is 2.21. The molecule has 0 bridgehead atoms. The number of aromatic amines is 1. The summed E-state index contributed by atoms with van der Waals surface area (Å²) in [4.78, 5) is 2.34. The van der Waals surface area contributed by atoms with E-state index in [2.05, 4.69) is 38.6 Å². The third kappa shape index (κ3) is 2.38. The van der Waals surface area contributed by atoms with E-state index < -0.39 is 0 Å². The fourth-order valence-electron chi connectivity index (χ4n) is 2.31. The van der Waals surface area contributed by atoms with Gasteiger partial charge in [-0.3, -0.25) is 5.10 Å². The Morgan fingerprint density at radius 2 is 1.94 bits per heavy atom. The first-order valence-corrected chi connectivity index (χ1v) is 6.50. The SMILES string of the molecule is c1ccc(-c2cc(N3CCCNCC3)n[nH]2)cc1. The molecule has 2 aromatic rings. The molecule has 0 unspecified atom stereocenters. The maximum absolute atomic E-state index is 4.43. The second-order valence-electron chi connectivity index (χ2n) is 4.60. The molecule has 0 amide bonds. The van der Waals surface area contributed by atoms with Gasteiger partial charge in [-0.15, -0.1) is 0 Å². The van der Waals surface area contributed by atoms with Gasteiger partial charge in [0.05, 0.1) is 5.69 Å². The average Bonchev–Trinajstić information content (AvgIpc) is 2.76. The topological polar surface area (TPSA) is 44.0 Å². The number of aromatic nitrogens is 2. The zero-order chi connectivity index (χ0) is 12.2. The third-order valence-corrected chi connectivity index (χ3v) is 3.31. The van der Waals surface area contributed by atoms with Crippen molar-refractivity contribution >= 4 is 5.82 Å². The summed E-state index contributed by atoms with van der Waals surface area (Å²) in [5, 5.41) is 11.0. The van der Waals surface area contributed by atoms with E-state index in [-0.39, 0.29) is 0 Å². The molecule has 1 aliphatic rings. The van der Waals surface area contributed by atoms with Crippen LogP contribution in [0.3, 0.4) is 0 Å². The van der Waals surface area contributed by atoms with Gasteiger partial charge in [0, 0.05) is 25.7 Å². The first kappa shape index (κ1) is 11.3. The standard InChI is InChI=1S/C14H18N4/c1-2-5-12(6-3-1)13-11-14(17-16-13)18-9-4-7-15-8-10-18/h1-3,5-6,11,15H,4,7-10H2,(H,16,17). The summed E-state index contributed by atoms with van der Waals surface area (Å²) < 4.78 is 0. The fourth-order valence-corrected chi connectivity index (χ4v) is 2.31. The first-order valence-electron chi connectivity index (χ1n) is 6.50. The van der Waals surface area contributed by atoms with Crippen molar-refractivity contribution in [3.8, 4) is 11.3 Å². The minimum Gasteiger partial charge on any atom is -0.354 e. The highest BCUT2D eigenvalue weighted by Gasteiger charge is 2.12. The van der Waals surface area contributed by atoms with E-state index in [9.17, 15) is 0 Å². The van der Waals surface area contributed by atoms with Gasteiger partial charge >= 0.3 is 0 Å². The van der Waals surface area contributed by atoms with Crippen LogP contribution in [0.5, 0.6) is 0 Å². The molecule has 1 aromatic heterocycles. The van der Waals surface area contributed by atoms with E-state index in [0.29, 0.717) is 0 Å². The molecule has 0 atom stereocenters. The van der Waals surface area contributed by atoms with Gasteiger partial charge in [0.1, 0.15) is 0 Å². The smallest absolute Gasteiger partial charge is 0.151 e. The predicted molar refractivity (Wildman–Crippen MR) is 73.7 cm³/mol. The Bertz CT molecular complexity index is 484. The molecule has 0 saturated carbocycles. The van der Waals surface area contributed by atoms with Gasteiger partial charge in [0.2, 0.25) is 0 Å². The predicted octanol–water partition coefficient (Wildman–Crippen LogP) is 1.88. The number of hydrogen-bond acceptors (Lipinski definition) is 3. The van der Waals surface area contributed by atoms with Crippen molar-refractivity contribution in [3.63, 3.8) is 0 Å². The Balaban J connectivity index is 1.80. The molecule has 4 heteroatoms. The van der Waals surface area contributed by atoms with Crippen LogP contribution in [0.2, 0.25) is 0 Å². The van der Waals surface area contributed by atoms with E-state index >= 15 is 0 Å². The molecular formula is C14H18N4. The molecule has 0 aliphatic carbocycles. The summed E-state index contributed by atoms with van der Waals surface area (Å²) in [6.45, 7) is 4.24. The molecular weight excluding hydrogens is 224 g/mol. The van der Waals surface area contributed by atoms with Crippen LogP contribution in [-0.4, -0.2) is 36.4 Å². The molecule has 0 radical (unpaired) electrons. The number of hydrogen-bond donors (Lipinski definition) is 2. The summed E-state index contributed by atoms with van der Waals surface area (Å²) in [7, 11) is 0. The Hall–Kier alpha value is -1.81. The van der Waals surface area contributed by atoms with Crippen molar-refractivity contribution in [1.29, 1.82) is 0 Å². The lowest BCUT2D eigenvalue weighted by Gasteiger charge is -2.18. The maximum Gasteiger partial charge on any atom is 0.151 e. The molecule has 1 fully saturated rings. The highest BCUT2D eigenvalue weighted by atomic mass is 15.3. The van der Waals surface area contributed by atoms with Gasteiger partial charge in [-0.05, 0) is 18.5 Å². The number of benzene rings is 1. The van der Waals surface area contributed by atoms with Crippen molar-refractivity contribution in [2.24, 2.45) is 0 Å². The van der Waals surface area contributed by atoms with Gasteiger partial charge in [-0.25, -0.2) is 0 Å². The molecule has 0 spiro atoms. The molecule has 2 heterocycles. The minimum absolute atomic E-state index is 1.03. The van der Waals surface area contributed by atoms with Crippen molar-refractivity contribution < 1.29 is 0 Å². The van der Waals surface area contributed by atoms with Gasteiger partial charge in [0.15, 0.2) is 5.82 Å². The molecule has 4 nitrogen and oxygen atoms in total. The van der Waals surface area contributed by atoms with Crippen molar-refractivity contribution in [2.45, 2.75) is 6.42 Å². The van der Waals surface area contributed by atoms with Crippen LogP contribution in [0.15, 0.2) is 36.4 Å². The quantitative estimate of drug-likeness (QED) is 0.845. The van der Waals surface area contributed by atoms with Crippen molar-refractivity contribution in [2.75, 3.05) is 31.1 Å². The molecule has 2 N–H and O–H groups in total. The third-order valence-electron chi connectivity index (χ3n) is 3.31. The molecule has 1 saturated heterocycles. The Morgan fingerprint density at radius 3 is 2.83 bits per heavy atom. The second-order valence-corrected chi connectivity index (χ2v) is 4.60. The number of anilines is 1. The zero-order valence-electron chi connectivity index (χ0n) is 10.4. The summed E-state index contributed by atoms with van der Waals surface area (Å²) in [6, 6.07) is 12.5. The normalized spacial score (nSPS) is 16.6. The largest absolute Gasteiger partial charge is 0.354 e. The fraction of sp³-hybridized carbons (Fsp3) is 0.357. The van der Waals surface area contributed by atoms with Crippen LogP contribution >= 0.6 is 0 Å². The van der Waals surface area contributed by atoms with Crippen molar-refractivity contribution in [1.82, 2.24) is 15.5 Å². The lowest BCUT2D eigenvalue weighted by Crippen LogP contribution is -2.28. The molecule has 3 rings (SSSR count). The van der Waals surface area contributed by atoms with Crippen molar-refractivity contribution in [3.05, 3.63) is 36.4 Å². The molecule has 1 aromatic carbocycles. The summed E-state index contributed by atoms with van der Waals surface area (Å²) in [5.41, 5.74) is 2.27. The van der Waals surface area contributed by atoms with Crippen LogP contribution in [-0.2, 0) is 0 Å². The van der Waals surface area contributed by atoms with Gasteiger partial charge in [0.25, 0.3) is 0 Å². The molecule has 18 heavy (non-hydrogen) atoms. The van der Waals surface area contributed by atoms with Crippen LogP contribution < -0.4 is 10.2 Å². The maximum atomic E-state index is 4.43. The Labute approximate surface area is 107 Å².